The van der Waals surface area contributed by atoms with Crippen LogP contribution in [0.3, 0.4) is 0 Å². The number of aromatic amines is 1. The molecule has 0 saturated heterocycles. The van der Waals surface area contributed by atoms with Gasteiger partial charge in [-0.2, -0.15) is 0 Å². The van der Waals surface area contributed by atoms with Gasteiger partial charge in [0.05, 0.1) is 11.0 Å². The highest BCUT2D eigenvalue weighted by molar-refractivity contribution is 7.71. The van der Waals surface area contributed by atoms with Gasteiger partial charge >= 0.3 is 0 Å². The van der Waals surface area contributed by atoms with Gasteiger partial charge in [-0.05, 0) is 44.0 Å². The largest absolute Gasteiger partial charge is 0.331 e. The van der Waals surface area contributed by atoms with Crippen molar-refractivity contribution in [3.05, 3.63) is 28.0 Å². The zero-order valence-electron chi connectivity index (χ0n) is 10.0. The van der Waals surface area contributed by atoms with Crippen molar-refractivity contribution in [2.24, 2.45) is 0 Å². The van der Waals surface area contributed by atoms with Crippen LogP contribution < -0.4 is 0 Å². The molecule has 0 bridgehead atoms. The van der Waals surface area contributed by atoms with Crippen molar-refractivity contribution in [1.82, 2.24) is 14.5 Å². The van der Waals surface area contributed by atoms with E-state index < -0.39 is 0 Å². The third kappa shape index (κ3) is 2.70. The first-order valence-electron chi connectivity index (χ1n) is 5.68. The summed E-state index contributed by atoms with van der Waals surface area (Å²) in [6.45, 7) is 5.07. The molecule has 1 N–H and O–H groups in total. The second kappa shape index (κ2) is 5.21. The molecule has 17 heavy (non-hydrogen) atoms. The van der Waals surface area contributed by atoms with Gasteiger partial charge in [0.15, 0.2) is 4.77 Å². The van der Waals surface area contributed by atoms with Crippen molar-refractivity contribution in [2.45, 2.75) is 13.5 Å². The van der Waals surface area contributed by atoms with Crippen molar-refractivity contribution >= 4 is 34.9 Å². The molecular weight excluding hydrogens is 254 g/mol. The lowest BCUT2D eigenvalue weighted by Crippen LogP contribution is -2.22. The fourth-order valence-electron chi connectivity index (χ4n) is 1.79. The SMILES string of the molecule is CCN(C)CCn1c(=S)[nH]c2cc(Cl)ccc21. The third-order valence-corrected chi connectivity index (χ3v) is 3.54. The summed E-state index contributed by atoms with van der Waals surface area (Å²) in [5.74, 6) is 0. The minimum absolute atomic E-state index is 0.728. The minimum atomic E-state index is 0.728. The smallest absolute Gasteiger partial charge is 0.178 e. The molecule has 1 aromatic carbocycles. The van der Waals surface area contributed by atoms with Crippen LogP contribution in [-0.2, 0) is 6.54 Å². The Labute approximate surface area is 111 Å². The Kier molecular flexibility index (Phi) is 3.86. The standard InChI is InChI=1S/C12H16ClN3S/c1-3-15(2)6-7-16-11-5-4-9(13)8-10(11)14-12(16)17/h4-5,8H,3,6-7H2,1-2H3,(H,14,17). The number of halogens is 1. The van der Waals surface area contributed by atoms with Crippen LogP contribution in [0.15, 0.2) is 18.2 Å². The topological polar surface area (TPSA) is 24.0 Å². The molecule has 0 unspecified atom stereocenters. The molecule has 0 aliphatic heterocycles. The summed E-state index contributed by atoms with van der Waals surface area (Å²) in [5, 5.41) is 0.728. The van der Waals surface area contributed by atoms with Crippen LogP contribution in [0, 0.1) is 4.77 Å². The molecule has 0 atom stereocenters. The molecule has 0 spiro atoms. The number of likely N-dealkylation sites (N-methyl/N-ethyl adjacent to an activating group) is 1. The number of rotatable bonds is 4. The number of hydrogen-bond acceptors (Lipinski definition) is 2. The maximum absolute atomic E-state index is 5.96. The fourth-order valence-corrected chi connectivity index (χ4v) is 2.26. The van der Waals surface area contributed by atoms with Gasteiger partial charge in [0.2, 0.25) is 0 Å². The van der Waals surface area contributed by atoms with Gasteiger partial charge in [0, 0.05) is 18.1 Å². The molecule has 0 fully saturated rings. The molecule has 2 rings (SSSR count). The second-order valence-corrected chi connectivity index (χ2v) is 4.96. The summed E-state index contributed by atoms with van der Waals surface area (Å²) < 4.78 is 2.87. The molecular formula is C12H16ClN3S. The van der Waals surface area contributed by atoms with Crippen molar-refractivity contribution in [2.75, 3.05) is 20.1 Å². The lowest BCUT2D eigenvalue weighted by molar-refractivity contribution is 0.336. The lowest BCUT2D eigenvalue weighted by Gasteiger charge is -2.14. The number of nitrogens with zero attached hydrogens (tertiary/aromatic N) is 2. The Hall–Kier alpha value is -0.840. The number of nitrogens with one attached hydrogen (secondary N) is 1. The summed E-state index contributed by atoms with van der Waals surface area (Å²) in [6, 6.07) is 5.81. The molecule has 3 nitrogen and oxygen atoms in total. The number of hydrogen-bond donors (Lipinski definition) is 1. The van der Waals surface area contributed by atoms with Crippen LogP contribution in [0.5, 0.6) is 0 Å². The van der Waals surface area contributed by atoms with Gasteiger partial charge < -0.3 is 14.5 Å². The highest BCUT2D eigenvalue weighted by Gasteiger charge is 2.05. The molecule has 0 aliphatic rings. The molecule has 92 valence electrons. The summed E-state index contributed by atoms with van der Waals surface area (Å²) >= 11 is 11.3. The molecule has 0 amide bonds. The third-order valence-electron chi connectivity index (χ3n) is 2.98. The van der Waals surface area contributed by atoms with E-state index in [4.69, 9.17) is 23.8 Å². The quantitative estimate of drug-likeness (QED) is 0.861. The number of benzene rings is 1. The van der Waals surface area contributed by atoms with Crippen LogP contribution in [0.25, 0.3) is 11.0 Å². The average molecular weight is 270 g/mol. The predicted octanol–water partition coefficient (Wildman–Crippen LogP) is 3.30. The Balaban J connectivity index is 2.33. The van der Waals surface area contributed by atoms with Gasteiger partial charge in [0.25, 0.3) is 0 Å². The normalized spacial score (nSPS) is 11.5. The van der Waals surface area contributed by atoms with E-state index in [0.717, 1.165) is 40.5 Å². The summed E-state index contributed by atoms with van der Waals surface area (Å²) in [7, 11) is 2.11. The monoisotopic (exact) mass is 269 g/mol. The Morgan fingerprint density at radius 3 is 2.94 bits per heavy atom. The zero-order chi connectivity index (χ0) is 12.4. The van der Waals surface area contributed by atoms with E-state index in [9.17, 15) is 0 Å². The van der Waals surface area contributed by atoms with Gasteiger partial charge in [-0.3, -0.25) is 0 Å². The van der Waals surface area contributed by atoms with E-state index in [1.54, 1.807) is 0 Å². The van der Waals surface area contributed by atoms with E-state index in [1.165, 1.54) is 0 Å². The van der Waals surface area contributed by atoms with E-state index in [2.05, 4.69) is 28.4 Å². The number of fused-ring (bicyclic) bond motifs is 1. The van der Waals surface area contributed by atoms with Gasteiger partial charge in [0.1, 0.15) is 0 Å². The number of aromatic nitrogens is 2. The molecule has 0 saturated carbocycles. The van der Waals surface area contributed by atoms with Gasteiger partial charge in [-0.1, -0.05) is 18.5 Å². The molecule has 1 heterocycles. The second-order valence-electron chi connectivity index (χ2n) is 4.14. The van der Waals surface area contributed by atoms with Crippen LogP contribution in [-0.4, -0.2) is 34.6 Å². The van der Waals surface area contributed by atoms with Crippen LogP contribution in [0.2, 0.25) is 5.02 Å². The summed E-state index contributed by atoms with van der Waals surface area (Å²) in [6.07, 6.45) is 0. The molecule has 5 heteroatoms. The van der Waals surface area contributed by atoms with Crippen LogP contribution in [0.1, 0.15) is 6.92 Å². The van der Waals surface area contributed by atoms with E-state index in [0.29, 0.717) is 0 Å². The molecule has 2 aromatic rings. The number of imidazole rings is 1. The summed E-state index contributed by atoms with van der Waals surface area (Å²) in [4.78, 5) is 5.44. The first-order valence-corrected chi connectivity index (χ1v) is 6.47. The minimum Gasteiger partial charge on any atom is -0.331 e. The highest BCUT2D eigenvalue weighted by Crippen LogP contribution is 2.19. The maximum Gasteiger partial charge on any atom is 0.178 e. The fraction of sp³-hybridized carbons (Fsp3) is 0.417. The number of H-pyrrole nitrogens is 1. The van der Waals surface area contributed by atoms with Crippen LogP contribution in [0.4, 0.5) is 0 Å². The lowest BCUT2D eigenvalue weighted by atomic mass is 10.3. The van der Waals surface area contributed by atoms with Crippen molar-refractivity contribution < 1.29 is 0 Å². The molecule has 0 radical (unpaired) electrons. The van der Waals surface area contributed by atoms with E-state index in [1.807, 2.05) is 18.2 Å². The van der Waals surface area contributed by atoms with Gasteiger partial charge in [-0.15, -0.1) is 0 Å². The van der Waals surface area contributed by atoms with E-state index in [-0.39, 0.29) is 0 Å². The van der Waals surface area contributed by atoms with Crippen LogP contribution >= 0.6 is 23.8 Å². The highest BCUT2D eigenvalue weighted by atomic mass is 35.5. The van der Waals surface area contributed by atoms with Crippen molar-refractivity contribution in [3.63, 3.8) is 0 Å². The Morgan fingerprint density at radius 2 is 2.24 bits per heavy atom. The summed E-state index contributed by atoms with van der Waals surface area (Å²) in [5.41, 5.74) is 2.12. The first kappa shape index (κ1) is 12.6. The molecule has 1 aromatic heterocycles. The van der Waals surface area contributed by atoms with E-state index >= 15 is 0 Å². The average Bonchev–Trinajstić information content (AvgIpc) is 2.61. The molecule has 0 aliphatic carbocycles. The maximum atomic E-state index is 5.96. The van der Waals surface area contributed by atoms with Crippen molar-refractivity contribution in [3.8, 4) is 0 Å². The Bertz CT molecular complexity index is 573. The Morgan fingerprint density at radius 1 is 1.47 bits per heavy atom. The zero-order valence-corrected chi connectivity index (χ0v) is 11.6. The predicted molar refractivity (Wildman–Crippen MR) is 75.3 cm³/mol. The van der Waals surface area contributed by atoms with Gasteiger partial charge in [-0.25, -0.2) is 0 Å². The van der Waals surface area contributed by atoms with Crippen molar-refractivity contribution in [1.29, 1.82) is 0 Å². The first-order chi connectivity index (χ1) is 8.11.